The summed E-state index contributed by atoms with van der Waals surface area (Å²) in [7, 11) is 0. The maximum atomic E-state index is 13.2. The molecule has 2 saturated heterocycles. The van der Waals surface area contributed by atoms with Crippen LogP contribution in [0.5, 0.6) is 0 Å². The minimum absolute atomic E-state index is 0.0861. The Balaban J connectivity index is 1.43. The Morgan fingerprint density at radius 3 is 2.56 bits per heavy atom. The van der Waals surface area contributed by atoms with Crippen LogP contribution in [0.3, 0.4) is 0 Å². The van der Waals surface area contributed by atoms with Gasteiger partial charge in [0.05, 0.1) is 21.5 Å². The summed E-state index contributed by atoms with van der Waals surface area (Å²) in [5, 5.41) is 1.33. The number of thioether (sulfide) groups is 1. The lowest BCUT2D eigenvalue weighted by Crippen LogP contribution is -2.37. The van der Waals surface area contributed by atoms with E-state index in [4.69, 9.17) is 23.2 Å². The number of imide groups is 1. The number of aromatic nitrogens is 1. The number of piperidine rings is 1. The van der Waals surface area contributed by atoms with Gasteiger partial charge in [-0.05, 0) is 73.0 Å². The zero-order chi connectivity index (χ0) is 25.4. The van der Waals surface area contributed by atoms with Crippen LogP contribution in [-0.2, 0) is 22.7 Å². The van der Waals surface area contributed by atoms with E-state index in [0.29, 0.717) is 20.5 Å². The monoisotopic (exact) mass is 605 g/mol. The Morgan fingerprint density at radius 2 is 1.81 bits per heavy atom. The predicted molar refractivity (Wildman–Crippen MR) is 148 cm³/mol. The second-order valence-corrected chi connectivity index (χ2v) is 11.6. The van der Waals surface area contributed by atoms with Gasteiger partial charge >= 0.3 is 0 Å². The summed E-state index contributed by atoms with van der Waals surface area (Å²) in [5.74, 6) is -0.278. The van der Waals surface area contributed by atoms with E-state index < -0.39 is 0 Å². The van der Waals surface area contributed by atoms with Gasteiger partial charge in [-0.3, -0.25) is 19.3 Å². The first-order valence-corrected chi connectivity index (χ1v) is 13.9. The molecule has 2 aliphatic rings. The molecular weight excluding hydrogens is 585 g/mol. The summed E-state index contributed by atoms with van der Waals surface area (Å²) < 4.78 is 2.81. The Labute approximate surface area is 231 Å². The minimum Gasteiger partial charge on any atom is -0.341 e. The van der Waals surface area contributed by atoms with Gasteiger partial charge in [-0.25, -0.2) is 0 Å². The van der Waals surface area contributed by atoms with Crippen LogP contribution in [0.1, 0.15) is 30.4 Å². The van der Waals surface area contributed by atoms with Crippen molar-refractivity contribution in [2.75, 3.05) is 13.1 Å². The molecule has 10 heteroatoms. The number of amides is 3. The quantitative estimate of drug-likeness (QED) is 0.295. The smallest absolute Gasteiger partial charge is 0.293 e. The normalized spacial score (nSPS) is 17.6. The molecule has 2 fully saturated rings. The molecule has 0 bridgehead atoms. The topological polar surface area (TPSA) is 62.6 Å². The molecule has 0 atom stereocenters. The highest BCUT2D eigenvalue weighted by Gasteiger charge is 2.35. The summed E-state index contributed by atoms with van der Waals surface area (Å²) in [6, 6.07) is 10.9. The van der Waals surface area contributed by atoms with Gasteiger partial charge in [-0.1, -0.05) is 45.2 Å². The third-order valence-electron chi connectivity index (χ3n) is 6.37. The molecule has 0 unspecified atom stereocenters. The molecule has 2 aromatic carbocycles. The Bertz CT molecular complexity index is 1410. The number of carbonyl (C=O) groups is 3. The van der Waals surface area contributed by atoms with Gasteiger partial charge in [0.25, 0.3) is 11.1 Å². The number of halogens is 3. The lowest BCUT2D eigenvalue weighted by molar-refractivity contribution is -0.132. The van der Waals surface area contributed by atoms with Gasteiger partial charge in [-0.15, -0.1) is 0 Å². The van der Waals surface area contributed by atoms with Gasteiger partial charge in [-0.2, -0.15) is 0 Å². The van der Waals surface area contributed by atoms with Crippen molar-refractivity contribution in [1.29, 1.82) is 0 Å². The van der Waals surface area contributed by atoms with E-state index in [1.54, 1.807) is 24.3 Å². The lowest BCUT2D eigenvalue weighted by atomic mass is 10.1. The van der Waals surface area contributed by atoms with Crippen molar-refractivity contribution < 1.29 is 14.4 Å². The lowest BCUT2D eigenvalue weighted by Gasteiger charge is -2.27. The molecule has 0 saturated carbocycles. The van der Waals surface area contributed by atoms with Crippen molar-refractivity contribution in [3.05, 3.63) is 73.1 Å². The van der Waals surface area contributed by atoms with Gasteiger partial charge in [0.2, 0.25) is 5.91 Å². The molecule has 6 nitrogen and oxygen atoms in total. The molecule has 186 valence electrons. The molecule has 3 amide bonds. The van der Waals surface area contributed by atoms with Crippen LogP contribution in [0.25, 0.3) is 17.0 Å². The summed E-state index contributed by atoms with van der Waals surface area (Å²) in [6.45, 7) is 1.92. The molecule has 0 spiro atoms. The number of hydrogen-bond acceptors (Lipinski definition) is 4. The van der Waals surface area contributed by atoms with Crippen LogP contribution in [0.15, 0.2) is 52.0 Å². The number of likely N-dealkylation sites (tertiary alicyclic amines) is 1. The fourth-order valence-electron chi connectivity index (χ4n) is 4.53. The molecule has 0 radical (unpaired) electrons. The van der Waals surface area contributed by atoms with Crippen molar-refractivity contribution in [1.82, 2.24) is 14.4 Å². The van der Waals surface area contributed by atoms with Gasteiger partial charge < -0.3 is 9.47 Å². The fraction of sp³-hybridized carbons (Fsp3) is 0.269. The van der Waals surface area contributed by atoms with E-state index in [-0.39, 0.29) is 30.1 Å². The molecular formula is C26H22BrCl2N3O3S. The average Bonchev–Trinajstić information content (AvgIpc) is 3.33. The standard InChI is InChI=1S/C26H22BrCl2N3O3S/c27-18-5-7-22-19(12-18)17(14-31(22)15-24(33)30-8-2-1-3-9-30)11-23-25(34)32(26(35)36-23)13-16-4-6-20(28)21(29)10-16/h4-7,10-12,14H,1-3,8-9,13,15H2/b23-11-. The number of nitrogens with zero attached hydrogens (tertiary/aromatic N) is 3. The second kappa shape index (κ2) is 10.6. The van der Waals surface area contributed by atoms with E-state index in [1.165, 1.54) is 4.90 Å². The van der Waals surface area contributed by atoms with Crippen molar-refractivity contribution >= 4 is 84.9 Å². The zero-order valence-corrected chi connectivity index (χ0v) is 23.1. The molecule has 0 aliphatic carbocycles. The fourth-order valence-corrected chi connectivity index (χ4v) is 6.04. The van der Waals surface area contributed by atoms with Crippen LogP contribution in [0.4, 0.5) is 4.79 Å². The van der Waals surface area contributed by atoms with Crippen LogP contribution in [0, 0.1) is 0 Å². The highest BCUT2D eigenvalue weighted by atomic mass is 79.9. The highest BCUT2D eigenvalue weighted by Crippen LogP contribution is 2.36. The molecule has 3 aromatic rings. The van der Waals surface area contributed by atoms with E-state index in [9.17, 15) is 14.4 Å². The largest absolute Gasteiger partial charge is 0.341 e. The SMILES string of the molecule is O=C(Cn1cc(/C=C2\SC(=O)N(Cc3ccc(Cl)c(Cl)c3)C2=O)c2cc(Br)ccc21)N1CCCCC1. The summed E-state index contributed by atoms with van der Waals surface area (Å²) in [6.07, 6.45) is 6.85. The maximum Gasteiger partial charge on any atom is 0.293 e. The Kier molecular flexibility index (Phi) is 7.49. The van der Waals surface area contributed by atoms with Gasteiger partial charge in [0.1, 0.15) is 6.54 Å². The minimum atomic E-state index is -0.364. The summed E-state index contributed by atoms with van der Waals surface area (Å²) in [5.41, 5.74) is 2.38. The Hall–Kier alpha value is -2.26. The molecule has 36 heavy (non-hydrogen) atoms. The first-order chi connectivity index (χ1) is 17.3. The number of benzene rings is 2. The van der Waals surface area contributed by atoms with Crippen molar-refractivity contribution in [3.8, 4) is 0 Å². The zero-order valence-electron chi connectivity index (χ0n) is 19.2. The second-order valence-electron chi connectivity index (χ2n) is 8.83. The Morgan fingerprint density at radius 1 is 1.03 bits per heavy atom. The van der Waals surface area contributed by atoms with Gasteiger partial charge in [0, 0.05) is 40.2 Å². The van der Waals surface area contributed by atoms with Crippen LogP contribution >= 0.6 is 50.9 Å². The van der Waals surface area contributed by atoms with E-state index in [0.717, 1.165) is 65.1 Å². The van der Waals surface area contributed by atoms with Crippen molar-refractivity contribution in [3.63, 3.8) is 0 Å². The first-order valence-electron chi connectivity index (χ1n) is 11.6. The number of carbonyl (C=O) groups excluding carboxylic acids is 3. The number of fused-ring (bicyclic) bond motifs is 1. The summed E-state index contributed by atoms with van der Waals surface area (Å²) >= 11 is 16.5. The van der Waals surface area contributed by atoms with E-state index >= 15 is 0 Å². The number of rotatable bonds is 5. The first kappa shape index (κ1) is 25.4. The average molecular weight is 607 g/mol. The van der Waals surface area contributed by atoms with Crippen LogP contribution < -0.4 is 0 Å². The molecule has 5 rings (SSSR count). The third-order valence-corrected chi connectivity index (χ3v) is 8.51. The molecule has 3 heterocycles. The summed E-state index contributed by atoms with van der Waals surface area (Å²) in [4.78, 5) is 42.2. The molecule has 0 N–H and O–H groups in total. The van der Waals surface area contributed by atoms with Crippen LogP contribution in [-0.4, -0.2) is 44.5 Å². The highest BCUT2D eigenvalue weighted by molar-refractivity contribution is 9.10. The van der Waals surface area contributed by atoms with E-state index in [1.807, 2.05) is 33.9 Å². The maximum absolute atomic E-state index is 13.2. The van der Waals surface area contributed by atoms with E-state index in [2.05, 4.69) is 15.9 Å². The van der Waals surface area contributed by atoms with Crippen molar-refractivity contribution in [2.24, 2.45) is 0 Å². The van der Waals surface area contributed by atoms with Gasteiger partial charge in [0.15, 0.2) is 0 Å². The predicted octanol–water partition coefficient (Wildman–Crippen LogP) is 6.96. The molecule has 1 aromatic heterocycles. The third kappa shape index (κ3) is 5.23. The number of hydrogen-bond donors (Lipinski definition) is 0. The van der Waals surface area contributed by atoms with Crippen molar-refractivity contribution in [2.45, 2.75) is 32.4 Å². The van der Waals surface area contributed by atoms with Crippen LogP contribution in [0.2, 0.25) is 10.0 Å². The molecule has 2 aliphatic heterocycles.